The summed E-state index contributed by atoms with van der Waals surface area (Å²) in [6.45, 7) is 5.61. The number of carbonyl (C=O) groups excluding carboxylic acids is 1. The zero-order valence-corrected chi connectivity index (χ0v) is 8.31. The third-order valence-electron chi connectivity index (χ3n) is 2.45. The second-order valence-corrected chi connectivity index (χ2v) is 3.36. The van der Waals surface area contributed by atoms with E-state index >= 15 is 0 Å². The molecule has 1 aromatic carbocycles. The van der Waals surface area contributed by atoms with Crippen LogP contribution in [0.25, 0.3) is 0 Å². The maximum absolute atomic E-state index is 11.1. The van der Waals surface area contributed by atoms with E-state index in [0.29, 0.717) is 0 Å². The molecular formula is C12H15NO. The molecule has 0 aliphatic rings. The Kier molecular flexibility index (Phi) is 3.46. The van der Waals surface area contributed by atoms with Gasteiger partial charge in [-0.15, -0.1) is 6.58 Å². The largest absolute Gasteiger partial charge is 0.369 e. The van der Waals surface area contributed by atoms with Gasteiger partial charge in [-0.1, -0.05) is 43.3 Å². The Balaban J connectivity index is 2.88. The van der Waals surface area contributed by atoms with Gasteiger partial charge in [-0.05, 0) is 11.5 Å². The predicted molar refractivity (Wildman–Crippen MR) is 57.7 cm³/mol. The predicted octanol–water partition coefficient (Wildman–Crippen LogP) is 2.08. The Morgan fingerprint density at radius 2 is 2.00 bits per heavy atom. The van der Waals surface area contributed by atoms with Gasteiger partial charge in [0, 0.05) is 0 Å². The highest BCUT2D eigenvalue weighted by molar-refractivity contribution is 5.79. The molecule has 0 heterocycles. The van der Waals surface area contributed by atoms with Gasteiger partial charge in [-0.3, -0.25) is 4.79 Å². The van der Waals surface area contributed by atoms with Gasteiger partial charge in [0.05, 0.1) is 5.92 Å². The number of rotatable bonds is 4. The lowest BCUT2D eigenvalue weighted by Crippen LogP contribution is -2.25. The highest BCUT2D eigenvalue weighted by Gasteiger charge is 2.20. The van der Waals surface area contributed by atoms with E-state index in [1.165, 1.54) is 0 Å². The average Bonchev–Trinajstić information content (AvgIpc) is 2.19. The van der Waals surface area contributed by atoms with Gasteiger partial charge >= 0.3 is 0 Å². The zero-order chi connectivity index (χ0) is 10.6. The molecule has 0 radical (unpaired) electrons. The van der Waals surface area contributed by atoms with E-state index in [0.717, 1.165) is 5.56 Å². The Bertz CT molecular complexity index is 318. The number of nitrogens with two attached hydrogens (primary N) is 1. The van der Waals surface area contributed by atoms with Gasteiger partial charge in [-0.25, -0.2) is 0 Å². The van der Waals surface area contributed by atoms with E-state index in [9.17, 15) is 4.79 Å². The summed E-state index contributed by atoms with van der Waals surface area (Å²) >= 11 is 0. The molecule has 0 bridgehead atoms. The van der Waals surface area contributed by atoms with Crippen molar-refractivity contribution in [3.63, 3.8) is 0 Å². The van der Waals surface area contributed by atoms with Crippen LogP contribution in [0.4, 0.5) is 0 Å². The quantitative estimate of drug-likeness (QED) is 0.724. The Morgan fingerprint density at radius 3 is 2.43 bits per heavy atom. The third kappa shape index (κ3) is 2.22. The van der Waals surface area contributed by atoms with E-state index in [1.54, 1.807) is 6.08 Å². The zero-order valence-electron chi connectivity index (χ0n) is 8.31. The standard InChI is InChI=1S/C12H15NO/c1-3-11(12(13)14)9(2)10-7-5-4-6-8-10/h3-9,11H,1H2,2H3,(H2,13,14)/t9-,11+/m1/s1. The molecular weight excluding hydrogens is 174 g/mol. The normalized spacial score (nSPS) is 14.4. The number of benzene rings is 1. The Hall–Kier alpha value is -1.57. The molecule has 2 heteroatoms. The minimum Gasteiger partial charge on any atom is -0.369 e. The summed E-state index contributed by atoms with van der Waals surface area (Å²) in [4.78, 5) is 11.1. The lowest BCUT2D eigenvalue weighted by atomic mass is 9.87. The second kappa shape index (κ2) is 4.61. The van der Waals surface area contributed by atoms with Gasteiger partial charge in [-0.2, -0.15) is 0 Å². The molecule has 2 nitrogen and oxygen atoms in total. The molecule has 2 atom stereocenters. The summed E-state index contributed by atoms with van der Waals surface area (Å²) < 4.78 is 0. The molecule has 74 valence electrons. The SMILES string of the molecule is C=C[C@H](C(N)=O)[C@H](C)c1ccccc1. The van der Waals surface area contributed by atoms with Crippen LogP contribution in [0.15, 0.2) is 43.0 Å². The van der Waals surface area contributed by atoms with Gasteiger partial charge in [0.1, 0.15) is 0 Å². The molecule has 14 heavy (non-hydrogen) atoms. The van der Waals surface area contributed by atoms with Gasteiger partial charge in [0.25, 0.3) is 0 Å². The van der Waals surface area contributed by atoms with E-state index < -0.39 is 0 Å². The van der Waals surface area contributed by atoms with E-state index in [4.69, 9.17) is 5.73 Å². The van der Waals surface area contributed by atoms with Crippen molar-refractivity contribution in [2.24, 2.45) is 11.7 Å². The summed E-state index contributed by atoms with van der Waals surface area (Å²) in [7, 11) is 0. The average molecular weight is 189 g/mol. The summed E-state index contributed by atoms with van der Waals surface area (Å²) in [5.74, 6) is -0.528. The summed E-state index contributed by atoms with van der Waals surface area (Å²) in [6, 6.07) is 9.83. The van der Waals surface area contributed by atoms with Crippen molar-refractivity contribution >= 4 is 5.91 Å². The number of primary amides is 1. The van der Waals surface area contributed by atoms with Crippen LogP contribution in [-0.2, 0) is 4.79 Å². The number of hydrogen-bond acceptors (Lipinski definition) is 1. The fourth-order valence-electron chi connectivity index (χ4n) is 1.53. The molecule has 2 N–H and O–H groups in total. The fourth-order valence-corrected chi connectivity index (χ4v) is 1.53. The summed E-state index contributed by atoms with van der Waals surface area (Å²) in [5.41, 5.74) is 6.38. The van der Waals surface area contributed by atoms with Crippen molar-refractivity contribution in [1.29, 1.82) is 0 Å². The second-order valence-electron chi connectivity index (χ2n) is 3.36. The lowest BCUT2D eigenvalue weighted by molar-refractivity contribution is -0.120. The van der Waals surface area contributed by atoms with Gasteiger partial charge < -0.3 is 5.73 Å². The van der Waals surface area contributed by atoms with Crippen molar-refractivity contribution in [2.45, 2.75) is 12.8 Å². The van der Waals surface area contributed by atoms with Crippen LogP contribution in [0.3, 0.4) is 0 Å². The Labute approximate surface area is 84.4 Å². The highest BCUT2D eigenvalue weighted by atomic mass is 16.1. The first-order valence-corrected chi connectivity index (χ1v) is 4.63. The van der Waals surface area contributed by atoms with Crippen LogP contribution in [0, 0.1) is 5.92 Å². The topological polar surface area (TPSA) is 43.1 Å². The van der Waals surface area contributed by atoms with Crippen molar-refractivity contribution in [3.8, 4) is 0 Å². The first kappa shape index (κ1) is 10.5. The van der Waals surface area contributed by atoms with Crippen LogP contribution in [0.5, 0.6) is 0 Å². The van der Waals surface area contributed by atoms with E-state index in [2.05, 4.69) is 6.58 Å². The number of amides is 1. The molecule has 0 aromatic heterocycles. The lowest BCUT2D eigenvalue weighted by Gasteiger charge is -2.17. The van der Waals surface area contributed by atoms with Crippen LogP contribution < -0.4 is 5.73 Å². The maximum Gasteiger partial charge on any atom is 0.224 e. The van der Waals surface area contributed by atoms with Crippen molar-refractivity contribution in [2.75, 3.05) is 0 Å². The smallest absolute Gasteiger partial charge is 0.224 e. The number of hydrogen-bond donors (Lipinski definition) is 1. The van der Waals surface area contributed by atoms with Crippen molar-refractivity contribution in [1.82, 2.24) is 0 Å². The molecule has 0 aliphatic carbocycles. The summed E-state index contributed by atoms with van der Waals surface area (Å²) in [5, 5.41) is 0. The molecule has 0 saturated carbocycles. The van der Waals surface area contributed by atoms with Crippen LogP contribution >= 0.6 is 0 Å². The minimum absolute atomic E-state index is 0.0891. The Morgan fingerprint density at radius 1 is 1.43 bits per heavy atom. The van der Waals surface area contributed by atoms with Crippen LogP contribution in [0.1, 0.15) is 18.4 Å². The molecule has 1 aromatic rings. The molecule has 0 aliphatic heterocycles. The van der Waals surface area contributed by atoms with Crippen LogP contribution in [0.2, 0.25) is 0 Å². The molecule has 0 saturated heterocycles. The minimum atomic E-state index is -0.323. The van der Waals surface area contributed by atoms with Crippen molar-refractivity contribution in [3.05, 3.63) is 48.6 Å². The third-order valence-corrected chi connectivity index (χ3v) is 2.45. The molecule has 0 unspecified atom stereocenters. The van der Waals surface area contributed by atoms with Gasteiger partial charge in [0.15, 0.2) is 0 Å². The van der Waals surface area contributed by atoms with Gasteiger partial charge in [0.2, 0.25) is 5.91 Å². The molecule has 1 rings (SSSR count). The first-order valence-electron chi connectivity index (χ1n) is 4.63. The van der Waals surface area contributed by atoms with Crippen molar-refractivity contribution < 1.29 is 4.79 Å². The number of carbonyl (C=O) groups is 1. The molecule has 0 fully saturated rings. The molecule has 0 spiro atoms. The fraction of sp³-hybridized carbons (Fsp3) is 0.250. The molecule has 1 amide bonds. The first-order chi connectivity index (χ1) is 6.66. The monoisotopic (exact) mass is 189 g/mol. The van der Waals surface area contributed by atoms with E-state index in [1.807, 2.05) is 37.3 Å². The van der Waals surface area contributed by atoms with Crippen LogP contribution in [-0.4, -0.2) is 5.91 Å². The van der Waals surface area contributed by atoms with E-state index in [-0.39, 0.29) is 17.7 Å². The maximum atomic E-state index is 11.1. The summed E-state index contributed by atoms with van der Waals surface area (Å²) in [6.07, 6.45) is 1.61. The highest BCUT2D eigenvalue weighted by Crippen LogP contribution is 2.24.